The molecule has 1 fully saturated rings. The number of hydrogen-bond donors (Lipinski definition) is 1. The molecule has 1 saturated heterocycles. The van der Waals surface area contributed by atoms with Crippen LogP contribution in [0.2, 0.25) is 0 Å². The Balaban J connectivity index is 0.00000225. The molecule has 0 saturated carbocycles. The number of aryl methyl sites for hydroxylation is 1. The summed E-state index contributed by atoms with van der Waals surface area (Å²) < 4.78 is 42.5. The molecule has 1 aliphatic heterocycles. The van der Waals surface area contributed by atoms with Gasteiger partial charge in [-0.3, -0.25) is 4.98 Å². The van der Waals surface area contributed by atoms with Crippen LogP contribution in [0, 0.1) is 12.7 Å². The first kappa shape index (κ1) is 20.7. The van der Waals surface area contributed by atoms with Gasteiger partial charge in [-0.15, -0.1) is 12.4 Å². The van der Waals surface area contributed by atoms with E-state index in [9.17, 15) is 12.8 Å². The molecule has 0 spiro atoms. The molecular formula is C20H21ClFN3O2S. The molecule has 1 aliphatic rings. The predicted molar refractivity (Wildman–Crippen MR) is 110 cm³/mol. The SMILES string of the molecule is Cc1ccc2cccnc2c1S(=O)(=O)N1CCNCC1c1cccc(F)c1.Cl. The van der Waals surface area contributed by atoms with Crippen LogP contribution in [-0.2, 0) is 10.0 Å². The van der Waals surface area contributed by atoms with Crippen LogP contribution in [0.15, 0.2) is 59.6 Å². The first-order valence-electron chi connectivity index (χ1n) is 8.81. The third kappa shape index (κ3) is 3.63. The number of aromatic nitrogens is 1. The Bertz CT molecular complexity index is 1110. The number of nitrogens with one attached hydrogen (secondary N) is 1. The fourth-order valence-electron chi connectivity index (χ4n) is 3.63. The number of fused-ring (bicyclic) bond motifs is 1. The van der Waals surface area contributed by atoms with E-state index in [0.29, 0.717) is 36.3 Å². The first-order chi connectivity index (χ1) is 13.0. The van der Waals surface area contributed by atoms with Gasteiger partial charge in [-0.05, 0) is 36.2 Å². The molecule has 8 heteroatoms. The molecule has 28 heavy (non-hydrogen) atoms. The van der Waals surface area contributed by atoms with Crippen LogP contribution in [0.5, 0.6) is 0 Å². The molecule has 5 nitrogen and oxygen atoms in total. The highest BCUT2D eigenvalue weighted by molar-refractivity contribution is 7.89. The molecule has 1 atom stereocenters. The number of halogens is 2. The van der Waals surface area contributed by atoms with E-state index in [1.807, 2.05) is 12.1 Å². The molecule has 0 radical (unpaired) electrons. The van der Waals surface area contributed by atoms with Crippen LogP contribution in [-0.4, -0.2) is 37.3 Å². The molecule has 1 N–H and O–H groups in total. The van der Waals surface area contributed by atoms with E-state index in [1.54, 1.807) is 37.4 Å². The lowest BCUT2D eigenvalue weighted by molar-refractivity contribution is 0.271. The summed E-state index contributed by atoms with van der Waals surface area (Å²) in [6.07, 6.45) is 1.60. The summed E-state index contributed by atoms with van der Waals surface area (Å²) in [5.74, 6) is -0.376. The molecule has 0 aliphatic carbocycles. The molecular weight excluding hydrogens is 401 g/mol. The van der Waals surface area contributed by atoms with Crippen LogP contribution in [0.1, 0.15) is 17.2 Å². The van der Waals surface area contributed by atoms with Crippen LogP contribution >= 0.6 is 12.4 Å². The average Bonchev–Trinajstić information content (AvgIpc) is 2.67. The lowest BCUT2D eigenvalue weighted by atomic mass is 10.1. The zero-order valence-electron chi connectivity index (χ0n) is 15.3. The Morgan fingerprint density at radius 3 is 2.79 bits per heavy atom. The molecule has 2 aromatic carbocycles. The van der Waals surface area contributed by atoms with Gasteiger partial charge >= 0.3 is 0 Å². The fourth-order valence-corrected chi connectivity index (χ4v) is 5.62. The van der Waals surface area contributed by atoms with Crippen molar-refractivity contribution in [2.75, 3.05) is 19.6 Å². The monoisotopic (exact) mass is 421 g/mol. The van der Waals surface area contributed by atoms with Crippen molar-refractivity contribution in [1.82, 2.24) is 14.6 Å². The Kier molecular flexibility index (Phi) is 6.00. The number of nitrogens with zero attached hydrogens (tertiary/aromatic N) is 2. The highest BCUT2D eigenvalue weighted by atomic mass is 35.5. The predicted octanol–water partition coefficient (Wildman–Crippen LogP) is 3.44. The van der Waals surface area contributed by atoms with Crippen molar-refractivity contribution in [2.45, 2.75) is 17.9 Å². The maximum atomic E-state index is 13.7. The van der Waals surface area contributed by atoms with Crippen molar-refractivity contribution in [1.29, 1.82) is 0 Å². The van der Waals surface area contributed by atoms with Crippen molar-refractivity contribution in [3.05, 3.63) is 71.7 Å². The summed E-state index contributed by atoms with van der Waals surface area (Å²) in [6.45, 7) is 3.06. The molecule has 1 aromatic heterocycles. The number of piperazine rings is 1. The fraction of sp³-hybridized carbons (Fsp3) is 0.250. The number of sulfonamides is 1. The average molecular weight is 422 g/mol. The smallest absolute Gasteiger partial charge is 0.246 e. The molecule has 4 rings (SSSR count). The van der Waals surface area contributed by atoms with Gasteiger partial charge in [0.25, 0.3) is 0 Å². The molecule has 0 amide bonds. The third-order valence-corrected chi connectivity index (χ3v) is 7.01. The van der Waals surface area contributed by atoms with E-state index < -0.39 is 16.1 Å². The second kappa shape index (κ2) is 8.13. The number of hydrogen-bond acceptors (Lipinski definition) is 4. The van der Waals surface area contributed by atoms with Crippen molar-refractivity contribution in [2.24, 2.45) is 0 Å². The maximum Gasteiger partial charge on any atom is 0.246 e. The molecule has 0 bridgehead atoms. The van der Waals surface area contributed by atoms with E-state index in [-0.39, 0.29) is 23.1 Å². The van der Waals surface area contributed by atoms with Crippen molar-refractivity contribution < 1.29 is 12.8 Å². The van der Waals surface area contributed by atoms with Gasteiger partial charge in [-0.25, -0.2) is 12.8 Å². The molecule has 148 valence electrons. The van der Waals surface area contributed by atoms with E-state index in [2.05, 4.69) is 10.3 Å². The molecule has 2 heterocycles. The number of pyridine rings is 1. The second-order valence-corrected chi connectivity index (χ2v) is 8.50. The minimum Gasteiger partial charge on any atom is -0.313 e. The van der Waals surface area contributed by atoms with Crippen LogP contribution < -0.4 is 5.32 Å². The van der Waals surface area contributed by atoms with Crippen LogP contribution in [0.25, 0.3) is 10.9 Å². The largest absolute Gasteiger partial charge is 0.313 e. The number of benzene rings is 2. The summed E-state index contributed by atoms with van der Waals surface area (Å²) in [5.41, 5.74) is 1.75. The van der Waals surface area contributed by atoms with E-state index >= 15 is 0 Å². The van der Waals surface area contributed by atoms with Crippen molar-refractivity contribution >= 4 is 33.3 Å². The summed E-state index contributed by atoms with van der Waals surface area (Å²) in [7, 11) is -3.82. The Hall–Kier alpha value is -2.06. The maximum absolute atomic E-state index is 13.7. The van der Waals surface area contributed by atoms with Crippen molar-refractivity contribution in [3.8, 4) is 0 Å². The summed E-state index contributed by atoms with van der Waals surface area (Å²) in [4.78, 5) is 4.56. The summed E-state index contributed by atoms with van der Waals surface area (Å²) in [6, 6.07) is 13.0. The Morgan fingerprint density at radius 2 is 2.00 bits per heavy atom. The van der Waals surface area contributed by atoms with E-state index in [0.717, 1.165) is 5.39 Å². The lowest BCUT2D eigenvalue weighted by Gasteiger charge is -2.36. The quantitative estimate of drug-likeness (QED) is 0.703. The van der Waals surface area contributed by atoms with Gasteiger partial charge in [0.2, 0.25) is 10.0 Å². The summed E-state index contributed by atoms with van der Waals surface area (Å²) >= 11 is 0. The summed E-state index contributed by atoms with van der Waals surface area (Å²) in [5, 5.41) is 3.99. The molecule has 3 aromatic rings. The Morgan fingerprint density at radius 1 is 1.18 bits per heavy atom. The third-order valence-electron chi connectivity index (χ3n) is 4.92. The highest BCUT2D eigenvalue weighted by Gasteiger charge is 2.36. The van der Waals surface area contributed by atoms with Crippen LogP contribution in [0.3, 0.4) is 0 Å². The highest BCUT2D eigenvalue weighted by Crippen LogP contribution is 2.33. The first-order valence-corrected chi connectivity index (χ1v) is 10.2. The van der Waals surface area contributed by atoms with Gasteiger partial charge in [0.15, 0.2) is 0 Å². The zero-order chi connectivity index (χ0) is 19.0. The van der Waals surface area contributed by atoms with Crippen molar-refractivity contribution in [3.63, 3.8) is 0 Å². The van der Waals surface area contributed by atoms with Gasteiger partial charge in [0, 0.05) is 31.2 Å². The van der Waals surface area contributed by atoms with E-state index in [1.165, 1.54) is 16.4 Å². The zero-order valence-corrected chi connectivity index (χ0v) is 16.9. The van der Waals surface area contributed by atoms with Gasteiger partial charge in [-0.1, -0.05) is 30.3 Å². The number of rotatable bonds is 3. The van der Waals surface area contributed by atoms with E-state index in [4.69, 9.17) is 0 Å². The van der Waals surface area contributed by atoms with Gasteiger partial charge in [0.05, 0.1) is 11.6 Å². The topological polar surface area (TPSA) is 62.3 Å². The van der Waals surface area contributed by atoms with Gasteiger partial charge in [0.1, 0.15) is 10.7 Å². The second-order valence-electron chi connectivity index (χ2n) is 6.68. The minimum absolute atomic E-state index is 0. The normalized spacial score (nSPS) is 18.0. The van der Waals surface area contributed by atoms with Crippen LogP contribution in [0.4, 0.5) is 4.39 Å². The standard InChI is InChI=1S/C20H20FN3O2S.ClH/c1-14-7-8-15-5-3-9-23-19(15)20(14)27(25,26)24-11-10-22-13-18(24)16-4-2-6-17(21)12-16;/h2-9,12,18,22H,10-11,13H2,1H3;1H. The van der Waals surface area contributed by atoms with Gasteiger partial charge in [-0.2, -0.15) is 4.31 Å². The Labute approximate surface area is 170 Å². The minimum atomic E-state index is -3.82. The lowest BCUT2D eigenvalue weighted by Crippen LogP contribution is -2.48. The van der Waals surface area contributed by atoms with Gasteiger partial charge < -0.3 is 5.32 Å². The molecule has 1 unspecified atom stereocenters.